The number of aryl methyl sites for hydroxylation is 1. The molecule has 2 rings (SSSR count). The Labute approximate surface area is 214 Å². The molecule has 4 atom stereocenters. The van der Waals surface area contributed by atoms with Crippen molar-refractivity contribution in [1.29, 1.82) is 0 Å². The number of ether oxygens (including phenoxy) is 1. The Bertz CT molecular complexity index is 836. The first-order valence-corrected chi connectivity index (χ1v) is 12.5. The summed E-state index contributed by atoms with van der Waals surface area (Å²) >= 11 is 0. The molecule has 11 heteroatoms. The summed E-state index contributed by atoms with van der Waals surface area (Å²) in [4.78, 5) is 2.00. The molecule has 1 heterocycles. The van der Waals surface area contributed by atoms with Crippen molar-refractivity contribution in [3.8, 4) is 0 Å². The molecule has 204 valence electrons. The number of nitrogens with two attached hydrogens (primary N) is 4. The molecule has 11 N–H and O–H groups in total. The number of hydrogen-bond donors (Lipinski definition) is 7. The van der Waals surface area contributed by atoms with Crippen molar-refractivity contribution in [1.82, 2.24) is 9.91 Å². The molecular weight excluding hydrogens is 462 g/mol. The van der Waals surface area contributed by atoms with Gasteiger partial charge in [0, 0.05) is 62.4 Å². The lowest BCUT2D eigenvalue weighted by molar-refractivity contribution is -0.231. The van der Waals surface area contributed by atoms with Crippen LogP contribution in [-0.4, -0.2) is 76.5 Å². The van der Waals surface area contributed by atoms with Gasteiger partial charge < -0.3 is 41.4 Å². The van der Waals surface area contributed by atoms with Gasteiger partial charge in [0.25, 0.3) is 0 Å². The van der Waals surface area contributed by atoms with Crippen molar-refractivity contribution in [3.63, 3.8) is 0 Å². The van der Waals surface area contributed by atoms with Gasteiger partial charge in [-0.3, -0.25) is 5.01 Å². The molecule has 1 aromatic carbocycles. The van der Waals surface area contributed by atoms with Crippen molar-refractivity contribution >= 4 is 5.69 Å². The van der Waals surface area contributed by atoms with Crippen LogP contribution in [0.4, 0.5) is 5.69 Å². The summed E-state index contributed by atoms with van der Waals surface area (Å²) < 4.78 is 5.27. The van der Waals surface area contributed by atoms with Gasteiger partial charge in [0.2, 0.25) is 0 Å². The van der Waals surface area contributed by atoms with Gasteiger partial charge in [0.15, 0.2) is 6.29 Å². The Balaban J connectivity index is 1.69. The standard InChI is InChI=1S/C25H45N7O4/c1-18-15-23(24(34)25(35)36-18)30(2)13-10-20(26)16-31(28)12-4-3-5-19-6-8-22(9-7-19)32(29)17-21(27)11-14-33/h6-9,16-18,23-25,33-35H,3-5,10-15,26-29H2,1-2H3/b20-16-,21-17-/t18-,23+,24-,25-/m1/s1. The van der Waals surface area contributed by atoms with Gasteiger partial charge in [0.05, 0.1) is 11.8 Å². The number of unbranched alkanes of at least 4 members (excludes halogenated alkanes) is 1. The number of nitrogens with zero attached hydrogens (tertiary/aromatic N) is 3. The minimum atomic E-state index is -1.17. The Morgan fingerprint density at radius 2 is 1.69 bits per heavy atom. The quantitative estimate of drug-likeness (QED) is 0.102. The normalized spacial score (nSPS) is 23.2. The highest BCUT2D eigenvalue weighted by Crippen LogP contribution is 2.23. The first kappa shape index (κ1) is 29.8. The van der Waals surface area contributed by atoms with Gasteiger partial charge in [-0.2, -0.15) is 0 Å². The van der Waals surface area contributed by atoms with Crippen LogP contribution in [0, 0.1) is 0 Å². The van der Waals surface area contributed by atoms with Crippen LogP contribution in [0.2, 0.25) is 0 Å². The molecule has 1 aromatic rings. The van der Waals surface area contributed by atoms with Gasteiger partial charge in [-0.1, -0.05) is 12.1 Å². The molecule has 0 saturated carbocycles. The second kappa shape index (κ2) is 15.0. The van der Waals surface area contributed by atoms with Crippen molar-refractivity contribution in [2.24, 2.45) is 23.2 Å². The average molecular weight is 508 g/mol. The van der Waals surface area contributed by atoms with Crippen LogP contribution in [0.3, 0.4) is 0 Å². The Morgan fingerprint density at radius 1 is 1.03 bits per heavy atom. The third-order valence-corrected chi connectivity index (χ3v) is 6.35. The van der Waals surface area contributed by atoms with Crippen LogP contribution < -0.4 is 28.2 Å². The zero-order chi connectivity index (χ0) is 26.7. The molecule has 0 spiro atoms. The summed E-state index contributed by atoms with van der Waals surface area (Å²) in [6, 6.07) is 7.76. The van der Waals surface area contributed by atoms with E-state index in [9.17, 15) is 10.2 Å². The number of anilines is 1. The zero-order valence-corrected chi connectivity index (χ0v) is 21.5. The SMILES string of the molecule is C[C@@H]1C[C@H](N(C)CC/C(N)=C/N(N)CCCCc2ccc(N(N)/C=C(\N)CCO)cc2)[C@@H](O)[C@H](O)O1. The smallest absolute Gasteiger partial charge is 0.182 e. The number of benzene rings is 1. The molecule has 0 amide bonds. The predicted octanol–water partition coefficient (Wildman–Crippen LogP) is 0.0263. The number of aliphatic hydroxyl groups excluding tert-OH is 3. The number of rotatable bonds is 14. The first-order valence-electron chi connectivity index (χ1n) is 12.5. The molecule has 11 nitrogen and oxygen atoms in total. The Kier molecular flexibility index (Phi) is 12.4. The van der Waals surface area contributed by atoms with Crippen LogP contribution in [0.5, 0.6) is 0 Å². The minimum Gasteiger partial charge on any atom is -0.401 e. The summed E-state index contributed by atoms with van der Waals surface area (Å²) in [6.07, 6.45) is 5.57. The Morgan fingerprint density at radius 3 is 2.36 bits per heavy atom. The average Bonchev–Trinajstić information content (AvgIpc) is 2.83. The summed E-state index contributed by atoms with van der Waals surface area (Å²) in [5.74, 6) is 12.1. The fourth-order valence-electron chi connectivity index (χ4n) is 4.20. The molecule has 0 radical (unpaired) electrons. The van der Waals surface area contributed by atoms with Crippen molar-refractivity contribution in [3.05, 3.63) is 53.6 Å². The predicted molar refractivity (Wildman–Crippen MR) is 141 cm³/mol. The van der Waals surface area contributed by atoms with E-state index in [0.29, 0.717) is 43.7 Å². The third kappa shape index (κ3) is 9.94. The zero-order valence-electron chi connectivity index (χ0n) is 21.5. The lowest BCUT2D eigenvalue weighted by Crippen LogP contribution is -2.54. The van der Waals surface area contributed by atoms with E-state index >= 15 is 0 Å². The van der Waals surface area contributed by atoms with Gasteiger partial charge in [-0.05, 0) is 57.4 Å². The molecule has 36 heavy (non-hydrogen) atoms. The summed E-state index contributed by atoms with van der Waals surface area (Å²) in [6.45, 7) is 3.19. The molecule has 0 unspecified atom stereocenters. The van der Waals surface area contributed by atoms with E-state index in [1.54, 1.807) is 17.4 Å². The van der Waals surface area contributed by atoms with E-state index in [1.165, 1.54) is 10.6 Å². The largest absolute Gasteiger partial charge is 0.401 e. The van der Waals surface area contributed by atoms with Crippen LogP contribution in [0.15, 0.2) is 48.1 Å². The van der Waals surface area contributed by atoms with Crippen molar-refractivity contribution in [2.75, 3.05) is 31.8 Å². The van der Waals surface area contributed by atoms with Crippen molar-refractivity contribution < 1.29 is 20.1 Å². The Hall–Kier alpha value is -2.38. The maximum Gasteiger partial charge on any atom is 0.182 e. The highest BCUT2D eigenvalue weighted by molar-refractivity contribution is 5.49. The maximum absolute atomic E-state index is 10.2. The van der Waals surface area contributed by atoms with Crippen molar-refractivity contribution in [2.45, 2.75) is 70.0 Å². The first-order chi connectivity index (χ1) is 17.1. The highest BCUT2D eigenvalue weighted by Gasteiger charge is 2.36. The van der Waals surface area contributed by atoms with E-state index in [2.05, 4.69) is 0 Å². The highest BCUT2D eigenvalue weighted by atomic mass is 16.6. The van der Waals surface area contributed by atoms with E-state index in [-0.39, 0.29) is 18.8 Å². The molecule has 1 aliphatic rings. The second-order valence-corrected chi connectivity index (χ2v) is 9.51. The third-order valence-electron chi connectivity index (χ3n) is 6.35. The molecule has 1 fully saturated rings. The molecule has 0 aromatic heterocycles. The van der Waals surface area contributed by atoms with Crippen LogP contribution in [-0.2, 0) is 11.2 Å². The fourth-order valence-corrected chi connectivity index (χ4v) is 4.20. The minimum absolute atomic E-state index is 0.0121. The maximum atomic E-state index is 10.2. The topological polar surface area (TPSA) is 184 Å². The van der Waals surface area contributed by atoms with E-state index < -0.39 is 12.4 Å². The van der Waals surface area contributed by atoms with E-state index in [0.717, 1.165) is 24.9 Å². The second-order valence-electron chi connectivity index (χ2n) is 9.51. The number of likely N-dealkylation sites (N-methyl/N-ethyl adjacent to an activating group) is 1. The number of aliphatic hydroxyl groups is 3. The van der Waals surface area contributed by atoms with Gasteiger partial charge in [0.1, 0.15) is 6.10 Å². The van der Waals surface area contributed by atoms with E-state index in [4.69, 9.17) is 33.0 Å². The lowest BCUT2D eigenvalue weighted by Gasteiger charge is -2.40. The molecule has 0 aliphatic carbocycles. The number of hydrogen-bond acceptors (Lipinski definition) is 11. The number of hydrazine groups is 2. The molecule has 1 aliphatic heterocycles. The van der Waals surface area contributed by atoms with E-state index in [1.807, 2.05) is 43.1 Å². The molecular formula is C25H45N7O4. The van der Waals surface area contributed by atoms with Crippen LogP contribution >= 0.6 is 0 Å². The van der Waals surface area contributed by atoms with Crippen LogP contribution in [0.1, 0.15) is 44.6 Å². The molecule has 0 bridgehead atoms. The molecule has 1 saturated heterocycles. The van der Waals surface area contributed by atoms with Crippen LogP contribution in [0.25, 0.3) is 0 Å². The lowest BCUT2D eigenvalue weighted by atomic mass is 9.99. The van der Waals surface area contributed by atoms with Gasteiger partial charge >= 0.3 is 0 Å². The summed E-state index contributed by atoms with van der Waals surface area (Å²) in [5.41, 5.74) is 15.2. The summed E-state index contributed by atoms with van der Waals surface area (Å²) in [7, 11) is 1.91. The van der Waals surface area contributed by atoms with Gasteiger partial charge in [-0.25, -0.2) is 11.7 Å². The van der Waals surface area contributed by atoms with Gasteiger partial charge in [-0.15, -0.1) is 0 Å². The monoisotopic (exact) mass is 507 g/mol. The summed E-state index contributed by atoms with van der Waals surface area (Å²) in [5, 5.41) is 32.0. The fraction of sp³-hybridized carbons (Fsp3) is 0.600.